The minimum absolute atomic E-state index is 0.00352. The Kier molecular flexibility index (Phi) is 3.28. The van der Waals surface area contributed by atoms with E-state index in [4.69, 9.17) is 16.6 Å². The van der Waals surface area contributed by atoms with Crippen LogP contribution >= 0.6 is 0 Å². The largest absolute Gasteiger partial charge is 0.370 e. The van der Waals surface area contributed by atoms with Crippen molar-refractivity contribution in [1.29, 1.82) is 10.8 Å². The SMILES string of the molecule is Cc1cccc(NC(=N)NC(=N)N)c1C. The number of rotatable bonds is 1. The highest BCUT2D eigenvalue weighted by Crippen LogP contribution is 2.17. The molecular weight excluding hydrogens is 190 g/mol. The van der Waals surface area contributed by atoms with Gasteiger partial charge in [0, 0.05) is 5.69 Å². The normalized spacial score (nSPS) is 9.47. The third-order valence-electron chi connectivity index (χ3n) is 2.12. The number of benzene rings is 1. The second-order valence-electron chi connectivity index (χ2n) is 3.29. The summed E-state index contributed by atoms with van der Waals surface area (Å²) in [5, 5.41) is 19.7. The van der Waals surface area contributed by atoms with E-state index in [1.807, 2.05) is 32.0 Å². The van der Waals surface area contributed by atoms with Gasteiger partial charge in [-0.3, -0.25) is 16.1 Å². The zero-order valence-electron chi connectivity index (χ0n) is 8.81. The van der Waals surface area contributed by atoms with Crippen molar-refractivity contribution in [3.8, 4) is 0 Å². The average molecular weight is 205 g/mol. The maximum Gasteiger partial charge on any atom is 0.199 e. The number of hydrogen-bond acceptors (Lipinski definition) is 2. The van der Waals surface area contributed by atoms with Gasteiger partial charge in [-0.25, -0.2) is 0 Å². The molecule has 0 heterocycles. The Balaban J connectivity index is 2.77. The van der Waals surface area contributed by atoms with E-state index < -0.39 is 0 Å². The number of aryl methyl sites for hydroxylation is 1. The average Bonchev–Trinajstić information content (AvgIpc) is 2.11. The van der Waals surface area contributed by atoms with Crippen LogP contribution < -0.4 is 16.4 Å². The smallest absolute Gasteiger partial charge is 0.199 e. The van der Waals surface area contributed by atoms with Crippen LogP contribution in [0.25, 0.3) is 0 Å². The number of hydrogen-bond donors (Lipinski definition) is 5. The van der Waals surface area contributed by atoms with Gasteiger partial charge in [0.25, 0.3) is 0 Å². The summed E-state index contributed by atoms with van der Waals surface area (Å²) in [6, 6.07) is 5.78. The van der Waals surface area contributed by atoms with Gasteiger partial charge >= 0.3 is 0 Å². The van der Waals surface area contributed by atoms with Gasteiger partial charge in [-0.2, -0.15) is 0 Å². The van der Waals surface area contributed by atoms with Gasteiger partial charge in [0.2, 0.25) is 0 Å². The Labute approximate surface area is 88.7 Å². The lowest BCUT2D eigenvalue weighted by molar-refractivity contribution is 1.20. The fourth-order valence-corrected chi connectivity index (χ4v) is 1.19. The standard InChI is InChI=1S/C10H15N5/c1-6-4-3-5-8(7(6)2)14-10(13)15-9(11)12/h3-5H,1-2H3,(H6,11,12,13,14,15). The Bertz CT molecular complexity index is 397. The van der Waals surface area contributed by atoms with Crippen molar-refractivity contribution in [2.75, 3.05) is 5.32 Å². The van der Waals surface area contributed by atoms with Crippen molar-refractivity contribution in [1.82, 2.24) is 5.32 Å². The molecule has 5 heteroatoms. The maximum atomic E-state index is 7.48. The lowest BCUT2D eigenvalue weighted by Crippen LogP contribution is -2.39. The molecule has 0 radical (unpaired) electrons. The molecule has 0 aliphatic carbocycles. The number of nitrogens with two attached hydrogens (primary N) is 1. The van der Waals surface area contributed by atoms with Crippen molar-refractivity contribution in [3.63, 3.8) is 0 Å². The first kappa shape index (κ1) is 11.0. The summed E-state index contributed by atoms with van der Waals surface area (Å²) < 4.78 is 0. The van der Waals surface area contributed by atoms with Crippen molar-refractivity contribution in [3.05, 3.63) is 29.3 Å². The molecule has 0 saturated carbocycles. The predicted octanol–water partition coefficient (Wildman–Crippen LogP) is 1.13. The molecule has 0 aliphatic rings. The summed E-state index contributed by atoms with van der Waals surface area (Å²) in [5.41, 5.74) is 8.17. The first-order valence-corrected chi connectivity index (χ1v) is 4.53. The minimum atomic E-state index is -0.252. The molecule has 0 bridgehead atoms. The molecular formula is C10H15N5. The highest BCUT2D eigenvalue weighted by molar-refractivity contribution is 6.02. The third-order valence-corrected chi connectivity index (χ3v) is 2.12. The number of nitrogens with one attached hydrogen (secondary N) is 4. The Morgan fingerprint density at radius 2 is 1.93 bits per heavy atom. The highest BCUT2D eigenvalue weighted by Gasteiger charge is 2.02. The molecule has 1 rings (SSSR count). The van der Waals surface area contributed by atoms with Crippen LogP contribution in [0.3, 0.4) is 0 Å². The molecule has 1 aromatic carbocycles. The number of anilines is 1. The van der Waals surface area contributed by atoms with E-state index in [1.165, 1.54) is 0 Å². The predicted molar refractivity (Wildman–Crippen MR) is 62.3 cm³/mol. The monoisotopic (exact) mass is 205 g/mol. The Hall–Kier alpha value is -2.04. The topological polar surface area (TPSA) is 97.8 Å². The summed E-state index contributed by atoms with van der Waals surface area (Å²) in [4.78, 5) is 0. The Morgan fingerprint density at radius 3 is 2.53 bits per heavy atom. The van der Waals surface area contributed by atoms with E-state index in [2.05, 4.69) is 10.6 Å². The summed E-state index contributed by atoms with van der Waals surface area (Å²) in [5.74, 6) is -0.256. The molecule has 15 heavy (non-hydrogen) atoms. The van der Waals surface area contributed by atoms with Gasteiger partial charge in [-0.05, 0) is 31.0 Å². The molecule has 0 aliphatic heterocycles. The lowest BCUT2D eigenvalue weighted by Gasteiger charge is -2.12. The van der Waals surface area contributed by atoms with Gasteiger partial charge in [-0.1, -0.05) is 12.1 Å². The fourth-order valence-electron chi connectivity index (χ4n) is 1.19. The van der Waals surface area contributed by atoms with E-state index in [0.29, 0.717) is 0 Å². The van der Waals surface area contributed by atoms with Gasteiger partial charge in [0.15, 0.2) is 11.9 Å². The van der Waals surface area contributed by atoms with Crippen molar-refractivity contribution in [2.24, 2.45) is 5.73 Å². The molecule has 0 atom stereocenters. The van der Waals surface area contributed by atoms with Crippen LogP contribution in [0.15, 0.2) is 18.2 Å². The second-order valence-corrected chi connectivity index (χ2v) is 3.29. The third kappa shape index (κ3) is 2.98. The molecule has 5 nitrogen and oxygen atoms in total. The van der Waals surface area contributed by atoms with Crippen LogP contribution in [0.5, 0.6) is 0 Å². The summed E-state index contributed by atoms with van der Waals surface area (Å²) in [6.45, 7) is 3.97. The molecule has 0 unspecified atom stereocenters. The van der Waals surface area contributed by atoms with Crippen LogP contribution in [0.1, 0.15) is 11.1 Å². The molecule has 80 valence electrons. The van der Waals surface area contributed by atoms with Gasteiger partial charge < -0.3 is 11.1 Å². The van der Waals surface area contributed by atoms with Crippen LogP contribution in [-0.2, 0) is 0 Å². The van der Waals surface area contributed by atoms with Gasteiger partial charge in [0.1, 0.15) is 0 Å². The van der Waals surface area contributed by atoms with E-state index in [0.717, 1.165) is 16.8 Å². The summed E-state index contributed by atoms with van der Waals surface area (Å²) in [6.07, 6.45) is 0. The van der Waals surface area contributed by atoms with E-state index in [1.54, 1.807) is 0 Å². The summed E-state index contributed by atoms with van der Waals surface area (Å²) in [7, 11) is 0. The van der Waals surface area contributed by atoms with Crippen LogP contribution in [0.4, 0.5) is 5.69 Å². The van der Waals surface area contributed by atoms with Crippen LogP contribution in [0, 0.1) is 24.7 Å². The molecule has 1 aromatic rings. The highest BCUT2D eigenvalue weighted by atomic mass is 15.2. The quantitative estimate of drug-likeness (QED) is 0.351. The molecule has 0 aromatic heterocycles. The molecule has 0 spiro atoms. The molecule has 6 N–H and O–H groups in total. The fraction of sp³-hybridized carbons (Fsp3) is 0.200. The number of guanidine groups is 2. The van der Waals surface area contributed by atoms with Gasteiger partial charge in [-0.15, -0.1) is 0 Å². The van der Waals surface area contributed by atoms with E-state index in [9.17, 15) is 0 Å². The van der Waals surface area contributed by atoms with Crippen molar-refractivity contribution >= 4 is 17.6 Å². The van der Waals surface area contributed by atoms with Crippen molar-refractivity contribution in [2.45, 2.75) is 13.8 Å². The lowest BCUT2D eigenvalue weighted by atomic mass is 10.1. The van der Waals surface area contributed by atoms with Crippen LogP contribution in [-0.4, -0.2) is 11.9 Å². The first-order chi connectivity index (χ1) is 7.00. The Morgan fingerprint density at radius 1 is 1.27 bits per heavy atom. The van der Waals surface area contributed by atoms with Crippen LogP contribution in [0.2, 0.25) is 0 Å². The van der Waals surface area contributed by atoms with Crippen molar-refractivity contribution < 1.29 is 0 Å². The second kappa shape index (κ2) is 4.45. The molecule has 0 fully saturated rings. The zero-order valence-corrected chi connectivity index (χ0v) is 8.81. The van der Waals surface area contributed by atoms with E-state index in [-0.39, 0.29) is 11.9 Å². The maximum absolute atomic E-state index is 7.48. The van der Waals surface area contributed by atoms with Gasteiger partial charge in [0.05, 0.1) is 0 Å². The summed E-state index contributed by atoms with van der Waals surface area (Å²) >= 11 is 0. The first-order valence-electron chi connectivity index (χ1n) is 4.53. The molecule has 0 amide bonds. The minimum Gasteiger partial charge on any atom is -0.370 e. The van der Waals surface area contributed by atoms with E-state index >= 15 is 0 Å². The zero-order chi connectivity index (χ0) is 11.4. The molecule has 0 saturated heterocycles.